The first-order valence-corrected chi connectivity index (χ1v) is 8.48. The van der Waals surface area contributed by atoms with E-state index in [9.17, 15) is 5.11 Å². The second kappa shape index (κ2) is 8.17. The van der Waals surface area contributed by atoms with Gasteiger partial charge in [-0.1, -0.05) is 19.8 Å². The molecule has 4 unspecified atom stereocenters. The number of rotatable bonds is 5. The van der Waals surface area contributed by atoms with Crippen LogP contribution in [0.15, 0.2) is 0 Å². The van der Waals surface area contributed by atoms with E-state index in [1.807, 2.05) is 0 Å². The summed E-state index contributed by atoms with van der Waals surface area (Å²) in [5, 5.41) is 10.3. The van der Waals surface area contributed by atoms with Crippen molar-refractivity contribution in [1.82, 2.24) is 0 Å². The van der Waals surface area contributed by atoms with Gasteiger partial charge in [-0.2, -0.15) is 0 Å². The van der Waals surface area contributed by atoms with E-state index in [1.165, 1.54) is 32.1 Å². The zero-order chi connectivity index (χ0) is 15.2. The molecule has 3 heteroatoms. The predicted molar refractivity (Wildman–Crippen MR) is 83.5 cm³/mol. The Balaban J connectivity index is 1.95. The lowest BCUT2D eigenvalue weighted by atomic mass is 9.66. The maximum Gasteiger partial charge on any atom is 0.157 e. The van der Waals surface area contributed by atoms with Crippen molar-refractivity contribution in [3.8, 4) is 12.3 Å². The second-order valence-corrected chi connectivity index (χ2v) is 6.81. The molecule has 0 aromatic carbocycles. The summed E-state index contributed by atoms with van der Waals surface area (Å²) in [6.45, 7) is 5.57. The minimum absolute atomic E-state index is 0.146. The fourth-order valence-corrected chi connectivity index (χ4v) is 4.07. The van der Waals surface area contributed by atoms with Crippen molar-refractivity contribution in [1.29, 1.82) is 0 Å². The van der Waals surface area contributed by atoms with Crippen LogP contribution < -0.4 is 0 Å². The van der Waals surface area contributed by atoms with E-state index < -0.39 is 6.29 Å². The van der Waals surface area contributed by atoms with Gasteiger partial charge in [-0.05, 0) is 43.9 Å². The van der Waals surface area contributed by atoms with Crippen LogP contribution in [0.2, 0.25) is 0 Å². The normalized spacial score (nSPS) is 36.1. The van der Waals surface area contributed by atoms with Gasteiger partial charge in [0.2, 0.25) is 0 Å². The predicted octanol–water partition coefficient (Wildman–Crippen LogP) is 3.21. The molecule has 21 heavy (non-hydrogen) atoms. The molecule has 1 heterocycles. The van der Waals surface area contributed by atoms with E-state index in [0.29, 0.717) is 31.0 Å². The fourth-order valence-electron chi connectivity index (χ4n) is 4.07. The Hall–Kier alpha value is -0.560. The minimum Gasteiger partial charge on any atom is -0.378 e. The molecule has 2 rings (SSSR count). The molecular weight excluding hydrogens is 264 g/mol. The fraction of sp³-hybridized carbons (Fsp3) is 0.889. The molecule has 0 spiro atoms. The number of ether oxygens (including phenoxy) is 2. The molecule has 1 aliphatic carbocycles. The van der Waals surface area contributed by atoms with Crippen LogP contribution in [0.5, 0.6) is 0 Å². The highest BCUT2D eigenvalue weighted by Crippen LogP contribution is 2.44. The van der Waals surface area contributed by atoms with Gasteiger partial charge in [0.05, 0.1) is 19.3 Å². The van der Waals surface area contributed by atoms with Crippen LogP contribution in [0.1, 0.15) is 52.4 Å². The van der Waals surface area contributed by atoms with Crippen LogP contribution in [-0.4, -0.2) is 30.7 Å². The van der Waals surface area contributed by atoms with Crippen LogP contribution >= 0.6 is 0 Å². The second-order valence-electron chi connectivity index (χ2n) is 6.81. The van der Waals surface area contributed by atoms with Gasteiger partial charge < -0.3 is 14.6 Å². The molecule has 0 aromatic rings. The monoisotopic (exact) mass is 294 g/mol. The summed E-state index contributed by atoms with van der Waals surface area (Å²) in [7, 11) is 0. The molecule has 2 fully saturated rings. The highest BCUT2D eigenvalue weighted by Gasteiger charge is 2.40. The molecule has 1 N–H and O–H groups in total. The van der Waals surface area contributed by atoms with Crippen molar-refractivity contribution in [3.05, 3.63) is 0 Å². The number of aliphatic hydroxyl groups excluding tert-OH is 1. The van der Waals surface area contributed by atoms with E-state index >= 15 is 0 Å². The largest absolute Gasteiger partial charge is 0.378 e. The third kappa shape index (κ3) is 4.45. The lowest BCUT2D eigenvalue weighted by Gasteiger charge is -2.41. The van der Waals surface area contributed by atoms with Gasteiger partial charge in [0.25, 0.3) is 0 Å². The molecule has 1 saturated heterocycles. The van der Waals surface area contributed by atoms with Crippen LogP contribution in [0.4, 0.5) is 0 Å². The maximum atomic E-state index is 10.3. The van der Waals surface area contributed by atoms with Gasteiger partial charge in [-0.3, -0.25) is 0 Å². The summed E-state index contributed by atoms with van der Waals surface area (Å²) >= 11 is 0. The highest BCUT2D eigenvalue weighted by atomic mass is 16.6. The van der Waals surface area contributed by atoms with E-state index in [2.05, 4.69) is 19.8 Å². The van der Waals surface area contributed by atoms with Crippen LogP contribution in [0.25, 0.3) is 0 Å². The third-order valence-electron chi connectivity index (χ3n) is 5.45. The Bertz CT molecular complexity index is 349. The molecule has 0 amide bonds. The average Bonchev–Trinajstić information content (AvgIpc) is 2.68. The molecule has 0 aromatic heterocycles. The quantitative estimate of drug-likeness (QED) is 0.481. The number of terminal acetylenes is 1. The van der Waals surface area contributed by atoms with Crippen molar-refractivity contribution < 1.29 is 14.6 Å². The number of aliphatic hydroxyl groups is 1. The molecule has 0 bridgehead atoms. The summed E-state index contributed by atoms with van der Waals surface area (Å²) in [5.74, 6) is 4.52. The average molecular weight is 294 g/mol. The highest BCUT2D eigenvalue weighted by molar-refractivity contribution is 4.88. The third-order valence-corrected chi connectivity index (χ3v) is 5.45. The Morgan fingerprint density at radius 2 is 2.14 bits per heavy atom. The van der Waals surface area contributed by atoms with Crippen molar-refractivity contribution in [2.45, 2.75) is 64.8 Å². The molecular formula is C18H30O3. The molecule has 120 valence electrons. The van der Waals surface area contributed by atoms with Crippen molar-refractivity contribution in [3.63, 3.8) is 0 Å². The summed E-state index contributed by atoms with van der Waals surface area (Å²) < 4.78 is 11.5. The first-order valence-electron chi connectivity index (χ1n) is 8.48. The molecule has 0 radical (unpaired) electrons. The number of hydrogen-bond donors (Lipinski definition) is 1. The minimum atomic E-state index is -0.706. The Labute approximate surface area is 129 Å². The van der Waals surface area contributed by atoms with Gasteiger partial charge in [-0.15, -0.1) is 12.3 Å². The van der Waals surface area contributed by atoms with Crippen molar-refractivity contribution in [2.75, 3.05) is 13.2 Å². The van der Waals surface area contributed by atoms with Gasteiger partial charge >= 0.3 is 0 Å². The van der Waals surface area contributed by atoms with Gasteiger partial charge in [0.15, 0.2) is 6.29 Å². The number of fused-ring (bicyclic) bond motifs is 1. The summed E-state index contributed by atoms with van der Waals surface area (Å²) in [4.78, 5) is 0. The molecule has 3 nitrogen and oxygen atoms in total. The zero-order valence-corrected chi connectivity index (χ0v) is 13.5. The van der Waals surface area contributed by atoms with Crippen LogP contribution in [-0.2, 0) is 9.47 Å². The first kappa shape index (κ1) is 16.8. The lowest BCUT2D eigenvalue weighted by Crippen LogP contribution is -2.39. The molecule has 6 atom stereocenters. The topological polar surface area (TPSA) is 38.7 Å². The smallest absolute Gasteiger partial charge is 0.157 e. The summed E-state index contributed by atoms with van der Waals surface area (Å²) in [5.41, 5.74) is 0. The zero-order valence-electron chi connectivity index (χ0n) is 13.5. The van der Waals surface area contributed by atoms with E-state index in [1.54, 1.807) is 0 Å². The lowest BCUT2D eigenvalue weighted by molar-refractivity contribution is -0.154. The van der Waals surface area contributed by atoms with Gasteiger partial charge in [-0.25, -0.2) is 0 Å². The molecule has 1 saturated carbocycles. The van der Waals surface area contributed by atoms with Gasteiger partial charge in [0.1, 0.15) is 0 Å². The van der Waals surface area contributed by atoms with E-state index in [0.717, 1.165) is 12.5 Å². The Kier molecular flexibility index (Phi) is 6.54. The van der Waals surface area contributed by atoms with Gasteiger partial charge in [0, 0.05) is 12.3 Å². The standard InChI is InChI=1S/C18H30O3/c1-4-5-11-20-18(19)14(3)16-8-6-7-15-10-9-13(2)21-12-17(15)16/h1,13-19H,5-12H2,2-3H3/t13?,14?,15-,16?,17?,18+/m1/s1. The maximum absolute atomic E-state index is 10.3. The van der Waals surface area contributed by atoms with Crippen molar-refractivity contribution in [2.24, 2.45) is 23.7 Å². The Morgan fingerprint density at radius 3 is 2.90 bits per heavy atom. The van der Waals surface area contributed by atoms with E-state index in [4.69, 9.17) is 15.9 Å². The molecule has 2 aliphatic rings. The van der Waals surface area contributed by atoms with E-state index in [-0.39, 0.29) is 5.92 Å². The summed E-state index contributed by atoms with van der Waals surface area (Å²) in [6.07, 6.45) is 11.6. The molecule has 1 aliphatic heterocycles. The van der Waals surface area contributed by atoms with Crippen LogP contribution in [0.3, 0.4) is 0 Å². The van der Waals surface area contributed by atoms with Crippen molar-refractivity contribution >= 4 is 0 Å². The first-order chi connectivity index (χ1) is 10.1. The van der Waals surface area contributed by atoms with Crippen LogP contribution in [0, 0.1) is 36.0 Å². The summed E-state index contributed by atoms with van der Waals surface area (Å²) in [6, 6.07) is 0. The SMILES string of the molecule is C#CCCO[C@H](O)C(C)C1CCC[C@@H]2CCC(C)OCC12. The number of hydrogen-bond acceptors (Lipinski definition) is 3. The Morgan fingerprint density at radius 1 is 1.33 bits per heavy atom.